The van der Waals surface area contributed by atoms with Crippen molar-refractivity contribution < 1.29 is 23.1 Å². The smallest absolute Gasteiger partial charge is 0.314 e. The van der Waals surface area contributed by atoms with Crippen LogP contribution in [-0.4, -0.2) is 44.4 Å². The lowest BCUT2D eigenvalue weighted by molar-refractivity contribution is -0.143. The number of carbonyl (C=O) groups excluding carboxylic acids is 1. The minimum atomic E-state index is -3.51. The van der Waals surface area contributed by atoms with Gasteiger partial charge in [-0.3, -0.25) is 4.79 Å². The Morgan fingerprint density at radius 3 is 2.33 bits per heavy atom. The number of sulfonamides is 1. The average molecular weight is 279 g/mol. The highest BCUT2D eigenvalue weighted by atomic mass is 32.2. The molecule has 1 rings (SSSR count). The van der Waals surface area contributed by atoms with E-state index in [4.69, 9.17) is 10.2 Å². The van der Waals surface area contributed by atoms with Crippen LogP contribution in [-0.2, 0) is 14.8 Å². The molecule has 0 aromatic carbocycles. The average Bonchev–Trinajstić information content (AvgIpc) is 3.01. The summed E-state index contributed by atoms with van der Waals surface area (Å²) >= 11 is 0. The van der Waals surface area contributed by atoms with E-state index in [1.54, 1.807) is 0 Å². The molecule has 0 aromatic heterocycles. The lowest BCUT2D eigenvalue weighted by Crippen LogP contribution is -2.41. The molecule has 2 amide bonds. The van der Waals surface area contributed by atoms with E-state index in [1.807, 2.05) is 0 Å². The van der Waals surface area contributed by atoms with Crippen LogP contribution in [0.5, 0.6) is 0 Å². The first kappa shape index (κ1) is 14.7. The third-order valence-electron chi connectivity index (χ3n) is 2.79. The molecule has 0 spiro atoms. The molecule has 0 heterocycles. The largest absolute Gasteiger partial charge is 0.481 e. The van der Waals surface area contributed by atoms with Gasteiger partial charge in [0, 0.05) is 13.1 Å². The Bertz CT molecular complexity index is 429. The molecule has 5 N–H and O–H groups in total. The van der Waals surface area contributed by atoms with Crippen LogP contribution >= 0.6 is 0 Å². The molecule has 1 aliphatic rings. The first-order valence-corrected chi connectivity index (χ1v) is 7.22. The second-order valence-electron chi connectivity index (χ2n) is 4.42. The van der Waals surface area contributed by atoms with Gasteiger partial charge in [0.05, 0.1) is 11.2 Å². The number of nitrogens with two attached hydrogens (primary N) is 1. The number of carbonyl (C=O) groups is 2. The Kier molecular flexibility index (Phi) is 4.52. The van der Waals surface area contributed by atoms with E-state index >= 15 is 0 Å². The Morgan fingerprint density at radius 1 is 1.28 bits per heavy atom. The highest BCUT2D eigenvalue weighted by Crippen LogP contribution is 2.45. The van der Waals surface area contributed by atoms with Gasteiger partial charge in [-0.25, -0.2) is 18.4 Å². The maximum atomic E-state index is 11.3. The Labute approximate surface area is 105 Å². The first-order chi connectivity index (χ1) is 8.25. The number of urea groups is 1. The highest BCUT2D eigenvalue weighted by Gasteiger charge is 2.50. The van der Waals surface area contributed by atoms with E-state index in [1.165, 1.54) is 0 Å². The third-order valence-corrected chi connectivity index (χ3v) is 3.64. The zero-order valence-electron chi connectivity index (χ0n) is 9.81. The maximum Gasteiger partial charge on any atom is 0.314 e. The minimum absolute atomic E-state index is 0.0867. The summed E-state index contributed by atoms with van der Waals surface area (Å²) in [5, 5.41) is 18.5. The van der Waals surface area contributed by atoms with Crippen molar-refractivity contribution in [3.8, 4) is 0 Å². The summed E-state index contributed by atoms with van der Waals surface area (Å²) in [4.78, 5) is 22.1. The number of rotatable bonds is 7. The topological polar surface area (TPSA) is 139 Å². The summed E-state index contributed by atoms with van der Waals surface area (Å²) in [7, 11) is -3.51. The van der Waals surface area contributed by atoms with Crippen molar-refractivity contribution in [3.63, 3.8) is 0 Å². The van der Waals surface area contributed by atoms with Crippen LogP contribution in [0.3, 0.4) is 0 Å². The molecule has 0 aromatic rings. The van der Waals surface area contributed by atoms with Crippen molar-refractivity contribution >= 4 is 22.0 Å². The van der Waals surface area contributed by atoms with Gasteiger partial charge in [0.25, 0.3) is 0 Å². The standard InChI is InChI=1S/C9H17N3O5S/c10-18(16,17)5-1-4-11-8(15)12-6-9(2-3-9)7(13)14/h1-6H2,(H,13,14)(H2,10,16,17)(H2,11,12,15). The lowest BCUT2D eigenvalue weighted by atomic mass is 10.1. The Morgan fingerprint density at radius 2 is 1.89 bits per heavy atom. The number of hydrogen-bond donors (Lipinski definition) is 4. The number of carboxylic acids is 1. The molecule has 104 valence electrons. The molecule has 18 heavy (non-hydrogen) atoms. The van der Waals surface area contributed by atoms with Crippen LogP contribution in [0.15, 0.2) is 0 Å². The van der Waals surface area contributed by atoms with Crippen molar-refractivity contribution in [1.29, 1.82) is 0 Å². The molecule has 1 aliphatic carbocycles. The molecular weight excluding hydrogens is 262 g/mol. The number of nitrogens with one attached hydrogen (secondary N) is 2. The summed E-state index contributed by atoms with van der Waals surface area (Å²) in [6.07, 6.45) is 1.35. The maximum absolute atomic E-state index is 11.3. The third kappa shape index (κ3) is 4.88. The Hall–Kier alpha value is -1.35. The SMILES string of the molecule is NS(=O)(=O)CCCNC(=O)NCC1(C(=O)O)CC1. The summed E-state index contributed by atoms with van der Waals surface area (Å²) in [6.45, 7) is 0.256. The summed E-state index contributed by atoms with van der Waals surface area (Å²) in [6, 6.07) is -0.503. The van der Waals surface area contributed by atoms with Crippen LogP contribution in [0.1, 0.15) is 19.3 Å². The van der Waals surface area contributed by atoms with E-state index in [-0.39, 0.29) is 25.3 Å². The number of amides is 2. The number of carboxylic acid groups (broad SMARTS) is 1. The fourth-order valence-electron chi connectivity index (χ4n) is 1.40. The molecule has 1 fully saturated rings. The van der Waals surface area contributed by atoms with Gasteiger partial charge in [-0.05, 0) is 19.3 Å². The van der Waals surface area contributed by atoms with E-state index in [0.717, 1.165) is 0 Å². The summed E-state index contributed by atoms with van der Waals surface area (Å²) in [5.74, 6) is -1.11. The number of primary sulfonamides is 1. The van der Waals surface area contributed by atoms with Gasteiger partial charge in [0.15, 0.2) is 0 Å². The van der Waals surface area contributed by atoms with Gasteiger partial charge in [-0.1, -0.05) is 0 Å². The van der Waals surface area contributed by atoms with E-state index in [0.29, 0.717) is 12.8 Å². The van der Waals surface area contributed by atoms with Crippen molar-refractivity contribution in [2.75, 3.05) is 18.8 Å². The van der Waals surface area contributed by atoms with Crippen LogP contribution in [0.25, 0.3) is 0 Å². The fourth-order valence-corrected chi connectivity index (χ4v) is 1.95. The van der Waals surface area contributed by atoms with Gasteiger partial charge in [-0.15, -0.1) is 0 Å². The molecule has 0 unspecified atom stereocenters. The predicted octanol–water partition coefficient (Wildman–Crippen LogP) is -1.17. The van der Waals surface area contributed by atoms with Gasteiger partial charge in [-0.2, -0.15) is 0 Å². The molecule has 8 nitrogen and oxygen atoms in total. The van der Waals surface area contributed by atoms with E-state index < -0.39 is 27.4 Å². The second-order valence-corrected chi connectivity index (χ2v) is 6.15. The molecule has 0 bridgehead atoms. The van der Waals surface area contributed by atoms with Gasteiger partial charge < -0.3 is 15.7 Å². The quantitative estimate of drug-likeness (QED) is 0.435. The van der Waals surface area contributed by atoms with Crippen molar-refractivity contribution in [3.05, 3.63) is 0 Å². The molecule has 0 radical (unpaired) electrons. The molecule has 0 atom stereocenters. The monoisotopic (exact) mass is 279 g/mol. The zero-order valence-corrected chi connectivity index (χ0v) is 10.6. The van der Waals surface area contributed by atoms with Crippen molar-refractivity contribution in [1.82, 2.24) is 10.6 Å². The summed E-state index contributed by atoms with van der Waals surface area (Å²) in [5.41, 5.74) is -0.808. The normalized spacial score (nSPS) is 16.9. The van der Waals surface area contributed by atoms with Crippen LogP contribution in [0, 0.1) is 5.41 Å². The number of hydrogen-bond acceptors (Lipinski definition) is 4. The van der Waals surface area contributed by atoms with Crippen LogP contribution < -0.4 is 15.8 Å². The van der Waals surface area contributed by atoms with Crippen LogP contribution in [0.2, 0.25) is 0 Å². The zero-order chi connectivity index (χ0) is 13.8. The molecular formula is C9H17N3O5S. The fraction of sp³-hybridized carbons (Fsp3) is 0.778. The molecule has 0 aliphatic heterocycles. The predicted molar refractivity (Wildman–Crippen MR) is 63.3 cm³/mol. The van der Waals surface area contributed by atoms with E-state index in [9.17, 15) is 18.0 Å². The van der Waals surface area contributed by atoms with Gasteiger partial charge in [0.2, 0.25) is 10.0 Å². The molecule has 1 saturated carbocycles. The van der Waals surface area contributed by atoms with Crippen molar-refractivity contribution in [2.45, 2.75) is 19.3 Å². The highest BCUT2D eigenvalue weighted by molar-refractivity contribution is 7.89. The molecule has 0 saturated heterocycles. The van der Waals surface area contributed by atoms with Gasteiger partial charge in [0.1, 0.15) is 0 Å². The number of aliphatic carboxylic acids is 1. The minimum Gasteiger partial charge on any atom is -0.481 e. The van der Waals surface area contributed by atoms with E-state index in [2.05, 4.69) is 10.6 Å². The second kappa shape index (κ2) is 5.53. The first-order valence-electron chi connectivity index (χ1n) is 5.51. The molecule has 9 heteroatoms. The van der Waals surface area contributed by atoms with Crippen molar-refractivity contribution in [2.24, 2.45) is 10.6 Å². The van der Waals surface area contributed by atoms with Crippen LogP contribution in [0.4, 0.5) is 4.79 Å². The summed E-state index contributed by atoms with van der Waals surface area (Å²) < 4.78 is 21.2. The van der Waals surface area contributed by atoms with Gasteiger partial charge >= 0.3 is 12.0 Å². The lowest BCUT2D eigenvalue weighted by Gasteiger charge is -2.11. The Balaban J connectivity index is 2.13.